The maximum atomic E-state index is 12.6. The first-order valence-electron chi connectivity index (χ1n) is 9.81. The highest BCUT2D eigenvalue weighted by Gasteiger charge is 2.22. The summed E-state index contributed by atoms with van der Waals surface area (Å²) in [6, 6.07) is 20.8. The zero-order valence-electron chi connectivity index (χ0n) is 17.4. The molecule has 0 unspecified atom stereocenters. The third-order valence-electron chi connectivity index (χ3n) is 4.74. The summed E-state index contributed by atoms with van der Waals surface area (Å²) < 4.78 is 8.16. The van der Waals surface area contributed by atoms with Crippen molar-refractivity contribution in [3.8, 4) is 16.9 Å². The van der Waals surface area contributed by atoms with E-state index in [-0.39, 0.29) is 10.7 Å². The number of nitrogens with zero attached hydrogens (tertiary/aromatic N) is 4. The number of anilines is 1. The number of rotatable bonds is 6. The predicted molar refractivity (Wildman–Crippen MR) is 121 cm³/mol. The first kappa shape index (κ1) is 21.3. The molecular formula is C23H20ClN5O3. The van der Waals surface area contributed by atoms with E-state index in [4.69, 9.17) is 16.3 Å². The maximum Gasteiger partial charge on any atom is 0.343 e. The van der Waals surface area contributed by atoms with Gasteiger partial charge in [0.15, 0.2) is 6.61 Å². The summed E-state index contributed by atoms with van der Waals surface area (Å²) >= 11 is 6.09. The molecule has 0 aliphatic carbocycles. The fourth-order valence-corrected chi connectivity index (χ4v) is 3.48. The van der Waals surface area contributed by atoms with Crippen LogP contribution < -0.4 is 5.32 Å². The van der Waals surface area contributed by atoms with Crippen LogP contribution in [0.25, 0.3) is 16.9 Å². The van der Waals surface area contributed by atoms with Crippen molar-refractivity contribution in [2.45, 2.75) is 6.92 Å². The van der Waals surface area contributed by atoms with Crippen LogP contribution in [-0.4, -0.2) is 38.0 Å². The number of esters is 1. The van der Waals surface area contributed by atoms with Gasteiger partial charge in [-0.2, -0.15) is 10.2 Å². The average Bonchev–Trinajstić information content (AvgIpc) is 3.33. The number of aromatic nitrogens is 4. The third-order valence-corrected chi connectivity index (χ3v) is 5.17. The van der Waals surface area contributed by atoms with Crippen molar-refractivity contribution in [2.75, 3.05) is 11.9 Å². The number of carbonyl (C=O) groups excluding carboxylic acids is 2. The smallest absolute Gasteiger partial charge is 0.343 e. The molecule has 0 aliphatic heterocycles. The van der Waals surface area contributed by atoms with Gasteiger partial charge in [0.25, 0.3) is 5.91 Å². The minimum absolute atomic E-state index is 0.141. The zero-order valence-corrected chi connectivity index (χ0v) is 18.2. The Labute approximate surface area is 189 Å². The Morgan fingerprint density at radius 3 is 2.31 bits per heavy atom. The number of halogens is 1. The van der Waals surface area contributed by atoms with Crippen LogP contribution in [0.4, 0.5) is 5.82 Å². The molecule has 9 heteroatoms. The van der Waals surface area contributed by atoms with Crippen LogP contribution in [0.5, 0.6) is 0 Å². The summed E-state index contributed by atoms with van der Waals surface area (Å²) in [4.78, 5) is 24.9. The lowest BCUT2D eigenvalue weighted by atomic mass is 10.2. The number of benzene rings is 2. The highest BCUT2D eigenvalue weighted by Crippen LogP contribution is 2.25. The summed E-state index contributed by atoms with van der Waals surface area (Å²) in [5.41, 5.74) is 2.95. The molecule has 0 bridgehead atoms. The molecule has 2 aromatic carbocycles. The summed E-state index contributed by atoms with van der Waals surface area (Å²) in [5.74, 6) is -0.767. The first-order valence-corrected chi connectivity index (χ1v) is 10.2. The minimum Gasteiger partial charge on any atom is -0.452 e. The summed E-state index contributed by atoms with van der Waals surface area (Å²) in [6.07, 6.45) is 0. The van der Waals surface area contributed by atoms with E-state index in [1.54, 1.807) is 24.7 Å². The number of hydrogen-bond donors (Lipinski definition) is 1. The van der Waals surface area contributed by atoms with Gasteiger partial charge < -0.3 is 10.1 Å². The second kappa shape index (κ2) is 9.07. The number of carbonyl (C=O) groups is 2. The van der Waals surface area contributed by atoms with Gasteiger partial charge in [-0.15, -0.1) is 0 Å². The van der Waals surface area contributed by atoms with Gasteiger partial charge in [-0.25, -0.2) is 9.48 Å². The van der Waals surface area contributed by atoms with Crippen molar-refractivity contribution in [1.82, 2.24) is 19.6 Å². The molecule has 0 spiro atoms. The summed E-state index contributed by atoms with van der Waals surface area (Å²) in [5, 5.41) is 11.6. The van der Waals surface area contributed by atoms with E-state index in [1.807, 2.05) is 60.7 Å². The Hall–Kier alpha value is -3.91. The molecule has 8 nitrogen and oxygen atoms in total. The van der Waals surface area contributed by atoms with Crippen molar-refractivity contribution in [3.05, 3.63) is 83.1 Å². The van der Waals surface area contributed by atoms with Gasteiger partial charge in [0.05, 0.1) is 17.1 Å². The fraction of sp³-hybridized carbons (Fsp3) is 0.130. The van der Waals surface area contributed by atoms with Crippen LogP contribution in [0.3, 0.4) is 0 Å². The monoisotopic (exact) mass is 449 g/mol. The van der Waals surface area contributed by atoms with E-state index in [2.05, 4.69) is 15.5 Å². The average molecular weight is 450 g/mol. The van der Waals surface area contributed by atoms with E-state index in [0.29, 0.717) is 17.2 Å². The van der Waals surface area contributed by atoms with E-state index in [9.17, 15) is 9.59 Å². The molecule has 4 rings (SSSR count). The topological polar surface area (TPSA) is 91.0 Å². The molecule has 0 atom stereocenters. The van der Waals surface area contributed by atoms with Crippen LogP contribution in [0.15, 0.2) is 66.7 Å². The fourth-order valence-electron chi connectivity index (χ4n) is 3.23. The lowest BCUT2D eigenvalue weighted by Crippen LogP contribution is -2.22. The maximum absolute atomic E-state index is 12.6. The van der Waals surface area contributed by atoms with Gasteiger partial charge in [-0.3, -0.25) is 9.48 Å². The Kier molecular flexibility index (Phi) is 6.04. The van der Waals surface area contributed by atoms with Crippen LogP contribution in [0.1, 0.15) is 16.1 Å². The number of ether oxygens (including phenoxy) is 1. The number of amides is 1. The molecule has 32 heavy (non-hydrogen) atoms. The Bertz CT molecular complexity index is 1270. The van der Waals surface area contributed by atoms with E-state index in [0.717, 1.165) is 11.3 Å². The number of nitrogens with one attached hydrogen (secondary N) is 1. The van der Waals surface area contributed by atoms with Gasteiger partial charge in [0, 0.05) is 18.7 Å². The van der Waals surface area contributed by atoms with Gasteiger partial charge in [0.2, 0.25) is 0 Å². The molecule has 2 aromatic heterocycles. The lowest BCUT2D eigenvalue weighted by Gasteiger charge is -2.09. The standard InChI is InChI=1S/C23H20ClN5O3/c1-15-21(22(24)28(2)26-15)23(31)32-14-20(30)25-19-13-18(16-9-5-3-6-10-16)27-29(19)17-11-7-4-8-12-17/h3-13H,14H2,1-2H3,(H,25,30). The molecule has 0 radical (unpaired) electrons. The highest BCUT2D eigenvalue weighted by atomic mass is 35.5. The minimum atomic E-state index is -0.711. The van der Waals surface area contributed by atoms with Gasteiger partial charge in [-0.1, -0.05) is 60.1 Å². The first-order chi connectivity index (χ1) is 15.4. The third kappa shape index (κ3) is 4.40. The van der Waals surface area contributed by atoms with Crippen molar-refractivity contribution in [1.29, 1.82) is 0 Å². The van der Waals surface area contributed by atoms with Crippen LogP contribution in [0, 0.1) is 6.92 Å². The molecule has 0 saturated carbocycles. The number of para-hydroxylation sites is 1. The van der Waals surface area contributed by atoms with E-state index >= 15 is 0 Å². The Balaban J connectivity index is 1.53. The second-order valence-electron chi connectivity index (χ2n) is 7.03. The highest BCUT2D eigenvalue weighted by molar-refractivity contribution is 6.32. The molecule has 0 fully saturated rings. The molecule has 2 heterocycles. The van der Waals surface area contributed by atoms with Gasteiger partial charge in [-0.05, 0) is 19.1 Å². The predicted octanol–water partition coefficient (Wildman–Crippen LogP) is 4.03. The van der Waals surface area contributed by atoms with E-state index in [1.165, 1.54) is 4.68 Å². The quantitative estimate of drug-likeness (QED) is 0.449. The van der Waals surface area contributed by atoms with Crippen LogP contribution >= 0.6 is 11.6 Å². The van der Waals surface area contributed by atoms with Crippen molar-refractivity contribution < 1.29 is 14.3 Å². The number of aryl methyl sites for hydroxylation is 2. The summed E-state index contributed by atoms with van der Waals surface area (Å²) in [7, 11) is 1.62. The number of hydrogen-bond acceptors (Lipinski definition) is 5. The summed E-state index contributed by atoms with van der Waals surface area (Å²) in [6.45, 7) is 1.16. The van der Waals surface area contributed by atoms with Crippen LogP contribution in [-0.2, 0) is 16.6 Å². The molecule has 0 aliphatic rings. The van der Waals surface area contributed by atoms with Crippen molar-refractivity contribution in [3.63, 3.8) is 0 Å². The largest absolute Gasteiger partial charge is 0.452 e. The SMILES string of the molecule is Cc1nn(C)c(Cl)c1C(=O)OCC(=O)Nc1cc(-c2ccccc2)nn1-c1ccccc1. The van der Waals surface area contributed by atoms with Crippen molar-refractivity contribution >= 4 is 29.3 Å². The zero-order chi connectivity index (χ0) is 22.7. The van der Waals surface area contributed by atoms with Gasteiger partial charge >= 0.3 is 5.97 Å². The van der Waals surface area contributed by atoms with Crippen molar-refractivity contribution in [2.24, 2.45) is 7.05 Å². The Morgan fingerprint density at radius 1 is 1.03 bits per heavy atom. The normalized spacial score (nSPS) is 10.7. The molecule has 4 aromatic rings. The second-order valence-corrected chi connectivity index (χ2v) is 7.39. The molecule has 162 valence electrons. The molecule has 1 amide bonds. The Morgan fingerprint density at radius 2 is 1.69 bits per heavy atom. The molecule has 0 saturated heterocycles. The molecule has 1 N–H and O–H groups in total. The lowest BCUT2D eigenvalue weighted by molar-refractivity contribution is -0.119. The molecular weight excluding hydrogens is 430 g/mol. The van der Waals surface area contributed by atoms with Crippen LogP contribution in [0.2, 0.25) is 5.15 Å². The van der Waals surface area contributed by atoms with Gasteiger partial charge in [0.1, 0.15) is 16.5 Å². The van der Waals surface area contributed by atoms with E-state index < -0.39 is 18.5 Å².